The van der Waals surface area contributed by atoms with E-state index in [1.807, 2.05) is 7.05 Å². The number of benzene rings is 2. The molecule has 0 fully saturated rings. The van der Waals surface area contributed by atoms with Crippen molar-refractivity contribution in [3.05, 3.63) is 59.3 Å². The lowest BCUT2D eigenvalue weighted by molar-refractivity contribution is 0.823. The van der Waals surface area contributed by atoms with Crippen molar-refractivity contribution in [1.82, 2.24) is 10.3 Å². The van der Waals surface area contributed by atoms with Crippen LogP contribution in [-0.2, 0) is 6.54 Å². The van der Waals surface area contributed by atoms with E-state index < -0.39 is 0 Å². The Hall–Kier alpha value is -2.26. The number of aromatic nitrogens is 1. The first kappa shape index (κ1) is 13.7. The second-order valence-electron chi connectivity index (χ2n) is 5.55. The lowest BCUT2D eigenvalue weighted by Gasteiger charge is -2.10. The van der Waals surface area contributed by atoms with Crippen LogP contribution in [0.15, 0.2) is 42.6 Å². The smallest absolute Gasteiger partial charge is 0.0478 e. The third-order valence-corrected chi connectivity index (χ3v) is 3.80. The minimum atomic E-state index is 0.879. The van der Waals surface area contributed by atoms with Gasteiger partial charge in [0.15, 0.2) is 0 Å². The van der Waals surface area contributed by atoms with Crippen LogP contribution in [0.5, 0.6) is 0 Å². The van der Waals surface area contributed by atoms with Crippen LogP contribution in [-0.4, -0.2) is 12.0 Å². The van der Waals surface area contributed by atoms with Crippen molar-refractivity contribution in [3.8, 4) is 0 Å². The summed E-state index contributed by atoms with van der Waals surface area (Å²) in [6, 6.07) is 12.9. The Morgan fingerprint density at radius 2 is 1.90 bits per heavy atom. The first-order valence-corrected chi connectivity index (χ1v) is 7.26. The average Bonchev–Trinajstić information content (AvgIpc) is 2.85. The summed E-state index contributed by atoms with van der Waals surface area (Å²) in [6.07, 6.45) is 2.07. The van der Waals surface area contributed by atoms with Crippen molar-refractivity contribution in [1.29, 1.82) is 0 Å². The summed E-state index contributed by atoms with van der Waals surface area (Å²) < 4.78 is 0. The summed E-state index contributed by atoms with van der Waals surface area (Å²) in [5.74, 6) is 0. The van der Waals surface area contributed by atoms with E-state index in [2.05, 4.69) is 72.1 Å². The fourth-order valence-electron chi connectivity index (χ4n) is 2.71. The van der Waals surface area contributed by atoms with Crippen LogP contribution < -0.4 is 10.6 Å². The normalized spacial score (nSPS) is 11.0. The van der Waals surface area contributed by atoms with Crippen molar-refractivity contribution in [2.24, 2.45) is 0 Å². The van der Waals surface area contributed by atoms with Crippen molar-refractivity contribution in [2.45, 2.75) is 20.4 Å². The molecule has 3 rings (SSSR count). The highest BCUT2D eigenvalue weighted by Crippen LogP contribution is 2.26. The number of H-pyrrole nitrogens is 1. The van der Waals surface area contributed by atoms with Gasteiger partial charge in [0.25, 0.3) is 0 Å². The molecule has 1 heterocycles. The van der Waals surface area contributed by atoms with Gasteiger partial charge in [0, 0.05) is 35.0 Å². The van der Waals surface area contributed by atoms with Gasteiger partial charge in [-0.05, 0) is 50.2 Å². The molecule has 0 aliphatic heterocycles. The van der Waals surface area contributed by atoms with Crippen LogP contribution >= 0.6 is 0 Å². The Balaban J connectivity index is 1.91. The lowest BCUT2D eigenvalue weighted by Crippen LogP contribution is -2.03. The van der Waals surface area contributed by atoms with E-state index in [4.69, 9.17) is 0 Å². The second kappa shape index (κ2) is 5.62. The minimum Gasteiger partial charge on any atom is -0.361 e. The monoisotopic (exact) mass is 279 g/mol. The molecular formula is C18H21N3. The van der Waals surface area contributed by atoms with E-state index in [9.17, 15) is 0 Å². The predicted molar refractivity (Wildman–Crippen MR) is 90.3 cm³/mol. The molecule has 0 amide bonds. The van der Waals surface area contributed by atoms with Crippen molar-refractivity contribution in [2.75, 3.05) is 12.4 Å². The Kier molecular flexibility index (Phi) is 3.67. The molecule has 0 saturated heterocycles. The van der Waals surface area contributed by atoms with Gasteiger partial charge in [0.1, 0.15) is 0 Å². The van der Waals surface area contributed by atoms with E-state index in [-0.39, 0.29) is 0 Å². The first-order chi connectivity index (χ1) is 10.2. The molecule has 2 aromatic carbocycles. The number of hydrogen-bond donors (Lipinski definition) is 3. The minimum absolute atomic E-state index is 0.879. The third kappa shape index (κ3) is 2.78. The molecule has 0 radical (unpaired) electrons. The topological polar surface area (TPSA) is 39.9 Å². The lowest BCUT2D eigenvalue weighted by atomic mass is 10.1. The maximum atomic E-state index is 3.50. The summed E-state index contributed by atoms with van der Waals surface area (Å²) in [5, 5.41) is 7.96. The van der Waals surface area contributed by atoms with Crippen LogP contribution in [0.3, 0.4) is 0 Å². The van der Waals surface area contributed by atoms with Gasteiger partial charge in [-0.15, -0.1) is 0 Å². The molecule has 0 atom stereocenters. The van der Waals surface area contributed by atoms with E-state index in [0.29, 0.717) is 0 Å². The van der Waals surface area contributed by atoms with Crippen LogP contribution in [0.4, 0.5) is 11.4 Å². The number of aromatic amines is 1. The molecule has 0 saturated carbocycles. The fraction of sp³-hybridized carbons (Fsp3) is 0.222. The largest absolute Gasteiger partial charge is 0.361 e. The zero-order chi connectivity index (χ0) is 14.8. The van der Waals surface area contributed by atoms with Crippen molar-refractivity contribution in [3.63, 3.8) is 0 Å². The van der Waals surface area contributed by atoms with Gasteiger partial charge in [0.2, 0.25) is 0 Å². The fourth-order valence-corrected chi connectivity index (χ4v) is 2.71. The highest BCUT2D eigenvalue weighted by atomic mass is 14.9. The Morgan fingerprint density at radius 3 is 2.67 bits per heavy atom. The van der Waals surface area contributed by atoms with Crippen molar-refractivity contribution >= 4 is 22.3 Å². The van der Waals surface area contributed by atoms with Gasteiger partial charge < -0.3 is 15.6 Å². The SMILES string of the molecule is CNCc1c[nH]c2cc(Nc3ccc(C)cc3C)ccc12. The van der Waals surface area contributed by atoms with Crippen LogP contribution in [0.25, 0.3) is 10.9 Å². The summed E-state index contributed by atoms with van der Waals surface area (Å²) >= 11 is 0. The summed E-state index contributed by atoms with van der Waals surface area (Å²) in [7, 11) is 1.97. The quantitative estimate of drug-likeness (QED) is 0.668. The zero-order valence-electron chi connectivity index (χ0n) is 12.7. The Bertz CT molecular complexity index is 771. The molecule has 0 unspecified atom stereocenters. The predicted octanol–water partition coefficient (Wildman–Crippen LogP) is 4.25. The molecule has 3 nitrogen and oxygen atoms in total. The number of rotatable bonds is 4. The molecule has 0 spiro atoms. The van der Waals surface area contributed by atoms with Gasteiger partial charge >= 0.3 is 0 Å². The number of hydrogen-bond acceptors (Lipinski definition) is 2. The standard InChI is InChI=1S/C18H21N3/c1-12-4-7-17(13(2)8-12)21-15-5-6-16-14(10-19-3)11-20-18(16)9-15/h4-9,11,19-21H,10H2,1-3H3. The number of anilines is 2. The molecule has 0 aliphatic carbocycles. The zero-order valence-corrected chi connectivity index (χ0v) is 12.7. The van der Waals surface area contributed by atoms with Gasteiger partial charge in [-0.2, -0.15) is 0 Å². The molecule has 3 N–H and O–H groups in total. The van der Waals surface area contributed by atoms with E-state index in [1.54, 1.807) is 0 Å². The summed E-state index contributed by atoms with van der Waals surface area (Å²) in [6.45, 7) is 5.13. The molecule has 21 heavy (non-hydrogen) atoms. The maximum absolute atomic E-state index is 3.50. The Labute approximate surface area is 125 Å². The highest BCUT2D eigenvalue weighted by Gasteiger charge is 2.05. The van der Waals surface area contributed by atoms with Gasteiger partial charge in [0.05, 0.1) is 0 Å². The second-order valence-corrected chi connectivity index (χ2v) is 5.55. The molecule has 0 aliphatic rings. The van der Waals surface area contributed by atoms with E-state index >= 15 is 0 Å². The maximum Gasteiger partial charge on any atom is 0.0478 e. The number of nitrogens with one attached hydrogen (secondary N) is 3. The summed E-state index contributed by atoms with van der Waals surface area (Å²) in [5.41, 5.74) is 7.27. The molecule has 1 aromatic heterocycles. The average molecular weight is 279 g/mol. The molecule has 3 aromatic rings. The molecular weight excluding hydrogens is 258 g/mol. The van der Waals surface area contributed by atoms with E-state index in [1.165, 1.54) is 22.1 Å². The van der Waals surface area contributed by atoms with Crippen molar-refractivity contribution < 1.29 is 0 Å². The Morgan fingerprint density at radius 1 is 1.05 bits per heavy atom. The van der Waals surface area contributed by atoms with Crippen LogP contribution in [0.1, 0.15) is 16.7 Å². The number of fused-ring (bicyclic) bond motifs is 1. The third-order valence-electron chi connectivity index (χ3n) is 3.80. The molecule has 0 bridgehead atoms. The highest BCUT2D eigenvalue weighted by molar-refractivity contribution is 5.87. The first-order valence-electron chi connectivity index (χ1n) is 7.26. The van der Waals surface area contributed by atoms with E-state index in [0.717, 1.165) is 23.4 Å². The van der Waals surface area contributed by atoms with Gasteiger partial charge in [-0.25, -0.2) is 0 Å². The van der Waals surface area contributed by atoms with Crippen LogP contribution in [0.2, 0.25) is 0 Å². The van der Waals surface area contributed by atoms with Crippen LogP contribution in [0, 0.1) is 13.8 Å². The number of aryl methyl sites for hydroxylation is 2. The van der Waals surface area contributed by atoms with Gasteiger partial charge in [-0.3, -0.25) is 0 Å². The molecule has 108 valence electrons. The van der Waals surface area contributed by atoms with Gasteiger partial charge in [-0.1, -0.05) is 23.8 Å². The molecule has 3 heteroatoms. The summed E-state index contributed by atoms with van der Waals surface area (Å²) in [4.78, 5) is 3.34.